The lowest BCUT2D eigenvalue weighted by Crippen LogP contribution is -2.50. The summed E-state index contributed by atoms with van der Waals surface area (Å²) in [5, 5.41) is 0.268. The zero-order valence-corrected chi connectivity index (χ0v) is 42.5. The quantitative estimate of drug-likeness (QED) is 0.0321. The zero-order chi connectivity index (χ0) is 48.2. The third-order valence-corrected chi connectivity index (χ3v) is 18.8. The van der Waals surface area contributed by atoms with Gasteiger partial charge in [0.15, 0.2) is 0 Å². The maximum atomic E-state index is 13.1. The first-order valence-electron chi connectivity index (χ1n) is 25.8. The molecule has 0 N–H and O–H groups in total. The molecule has 4 bridgehead atoms. The number of nitrogens with zero attached hydrogens (tertiary/aromatic N) is 1. The fourth-order valence-electron chi connectivity index (χ4n) is 12.2. The topological polar surface area (TPSA) is 119 Å². The Bertz CT molecular complexity index is 2270. The number of hydrogen-bond acceptors (Lipinski definition) is 12. The minimum absolute atomic E-state index is 0.0744. The smallest absolute Gasteiger partial charge is 0.312 e. The van der Waals surface area contributed by atoms with Gasteiger partial charge in [-0.25, -0.2) is 4.21 Å². The zero-order valence-electron chi connectivity index (χ0n) is 40.9. The van der Waals surface area contributed by atoms with Gasteiger partial charge in [0.2, 0.25) is 0 Å². The van der Waals surface area contributed by atoms with E-state index in [1.165, 1.54) is 24.8 Å². The van der Waals surface area contributed by atoms with E-state index in [0.29, 0.717) is 72.2 Å². The van der Waals surface area contributed by atoms with Gasteiger partial charge in [-0.15, -0.1) is 0 Å². The highest BCUT2D eigenvalue weighted by atomic mass is 33.1. The SMILES string of the molecule is COC1(c2ccc(OCCOCCOCCOc3ccc(CCCOC(=O)C45CC6CC(CC(C6)C4)C5)cc3)cc2)c2ccccc2N(CCCOC(=O)CCCCC2CCSS2=O)c2ccccc21. The molecular weight excluding hydrogens is 923 g/mol. The van der Waals surface area contributed by atoms with Crippen LogP contribution in [0.15, 0.2) is 97.1 Å². The molecule has 4 aromatic rings. The largest absolute Gasteiger partial charge is 0.491 e. The number of esters is 2. The van der Waals surface area contributed by atoms with Gasteiger partial charge in [-0.1, -0.05) is 77.9 Å². The van der Waals surface area contributed by atoms with Gasteiger partial charge in [0.05, 0.1) is 54.9 Å². The summed E-state index contributed by atoms with van der Waals surface area (Å²) in [6, 6.07) is 33.0. The van der Waals surface area contributed by atoms with Crippen molar-refractivity contribution in [3.8, 4) is 11.5 Å². The molecule has 13 heteroatoms. The Kier molecular flexibility index (Phi) is 17.6. The molecule has 70 heavy (non-hydrogen) atoms. The van der Waals surface area contributed by atoms with E-state index in [-0.39, 0.29) is 22.6 Å². The van der Waals surface area contributed by atoms with Crippen LogP contribution in [-0.2, 0) is 55.1 Å². The fraction of sp³-hybridized carbons (Fsp3) is 0.544. The summed E-state index contributed by atoms with van der Waals surface area (Å²) in [6.07, 6.45) is 13.5. The molecule has 2 unspecified atom stereocenters. The Balaban J connectivity index is 0.651. The van der Waals surface area contributed by atoms with Crippen molar-refractivity contribution in [3.63, 3.8) is 0 Å². The van der Waals surface area contributed by atoms with Crippen LogP contribution in [0.1, 0.15) is 106 Å². The van der Waals surface area contributed by atoms with Crippen LogP contribution in [0.25, 0.3) is 0 Å². The minimum Gasteiger partial charge on any atom is -0.491 e. The lowest BCUT2D eigenvalue weighted by molar-refractivity contribution is -0.171. The molecule has 0 aromatic heterocycles. The average molecular weight is 994 g/mol. The van der Waals surface area contributed by atoms with Crippen LogP contribution in [-0.4, -0.2) is 93.7 Å². The van der Waals surface area contributed by atoms with Gasteiger partial charge in [0.25, 0.3) is 0 Å². The highest BCUT2D eigenvalue weighted by Gasteiger charge is 2.55. The monoisotopic (exact) mass is 993 g/mol. The van der Waals surface area contributed by atoms with Gasteiger partial charge in [-0.2, -0.15) is 0 Å². The molecule has 1 saturated heterocycles. The van der Waals surface area contributed by atoms with Gasteiger partial charge in [-0.3, -0.25) is 9.59 Å². The molecule has 2 atom stereocenters. The number of anilines is 2. The first-order chi connectivity index (χ1) is 34.3. The van der Waals surface area contributed by atoms with Crippen molar-refractivity contribution in [2.45, 2.75) is 101 Å². The van der Waals surface area contributed by atoms with Gasteiger partial charge in [-0.05, 0) is 142 Å². The summed E-state index contributed by atoms with van der Waals surface area (Å²) >= 11 is 0. The van der Waals surface area contributed by atoms with Crippen molar-refractivity contribution in [1.29, 1.82) is 0 Å². The number of unbranched alkanes of at least 4 members (excludes halogenated alkanes) is 1. The lowest BCUT2D eigenvalue weighted by atomic mass is 9.49. The van der Waals surface area contributed by atoms with E-state index in [1.807, 2.05) is 48.5 Å². The van der Waals surface area contributed by atoms with E-state index in [1.54, 1.807) is 17.9 Å². The minimum atomic E-state index is -0.857. The van der Waals surface area contributed by atoms with Crippen molar-refractivity contribution in [2.24, 2.45) is 23.2 Å². The first-order valence-corrected chi connectivity index (χ1v) is 28.5. The van der Waals surface area contributed by atoms with Crippen LogP contribution in [0.3, 0.4) is 0 Å². The summed E-state index contributed by atoms with van der Waals surface area (Å²) in [5.74, 6) is 4.67. The predicted octanol–water partition coefficient (Wildman–Crippen LogP) is 10.9. The second kappa shape index (κ2) is 24.3. The van der Waals surface area contributed by atoms with Crippen molar-refractivity contribution in [1.82, 2.24) is 0 Å². The highest BCUT2D eigenvalue weighted by molar-refractivity contribution is 8.69. The van der Waals surface area contributed by atoms with Crippen LogP contribution in [0.2, 0.25) is 0 Å². The molecule has 11 nitrogen and oxygen atoms in total. The number of hydrogen-bond donors (Lipinski definition) is 0. The first kappa shape index (κ1) is 50.5. The third-order valence-electron chi connectivity index (χ3n) is 15.2. The number of carbonyl (C=O) groups is 2. The number of rotatable bonds is 27. The maximum absolute atomic E-state index is 13.1. The molecule has 0 radical (unpaired) electrons. The van der Waals surface area contributed by atoms with Gasteiger partial charge in [0, 0.05) is 53.6 Å². The summed E-state index contributed by atoms with van der Waals surface area (Å²) in [6.45, 7) is 4.16. The van der Waals surface area contributed by atoms with Crippen molar-refractivity contribution in [3.05, 3.63) is 119 Å². The Hall–Kier alpha value is -4.40. The molecule has 0 amide bonds. The van der Waals surface area contributed by atoms with E-state index in [4.69, 9.17) is 33.2 Å². The van der Waals surface area contributed by atoms with Crippen LogP contribution in [0.4, 0.5) is 11.4 Å². The van der Waals surface area contributed by atoms with E-state index in [9.17, 15) is 13.8 Å². The molecule has 4 aromatic carbocycles. The van der Waals surface area contributed by atoms with Crippen LogP contribution >= 0.6 is 10.8 Å². The van der Waals surface area contributed by atoms with Gasteiger partial charge < -0.3 is 38.1 Å². The van der Waals surface area contributed by atoms with Crippen molar-refractivity contribution >= 4 is 43.9 Å². The van der Waals surface area contributed by atoms with Crippen molar-refractivity contribution in [2.75, 3.05) is 77.2 Å². The molecule has 0 spiro atoms. The summed E-state index contributed by atoms with van der Waals surface area (Å²) < 4.78 is 53.6. The maximum Gasteiger partial charge on any atom is 0.312 e. The molecule has 2 aliphatic heterocycles. The molecule has 376 valence electrons. The van der Waals surface area contributed by atoms with Gasteiger partial charge in [0.1, 0.15) is 30.3 Å². The summed E-state index contributed by atoms with van der Waals surface area (Å²) in [7, 11) is 2.54. The molecule has 5 fully saturated rings. The third kappa shape index (κ3) is 12.1. The number of para-hydroxylation sites is 2. The molecule has 10 rings (SSSR count). The van der Waals surface area contributed by atoms with E-state index in [2.05, 4.69) is 53.4 Å². The van der Waals surface area contributed by atoms with E-state index in [0.717, 1.165) is 121 Å². The Morgan fingerprint density at radius 3 is 1.81 bits per heavy atom. The van der Waals surface area contributed by atoms with Gasteiger partial charge >= 0.3 is 11.9 Å². The highest BCUT2D eigenvalue weighted by Crippen LogP contribution is 2.60. The number of ether oxygens (including phenoxy) is 7. The molecule has 4 aliphatic carbocycles. The Labute approximate surface area is 420 Å². The molecule has 2 heterocycles. The normalized spacial score (nSPS) is 23.7. The second-order valence-corrected chi connectivity index (χ2v) is 23.4. The van der Waals surface area contributed by atoms with Crippen LogP contribution < -0.4 is 14.4 Å². The fourth-order valence-corrected chi connectivity index (χ4v) is 15.7. The number of fused-ring (bicyclic) bond motifs is 2. The van der Waals surface area contributed by atoms with E-state index < -0.39 is 15.4 Å². The Morgan fingerprint density at radius 1 is 0.657 bits per heavy atom. The number of methoxy groups -OCH3 is 1. The number of aryl methyl sites for hydroxylation is 1. The number of benzene rings is 4. The Morgan fingerprint density at radius 2 is 1.23 bits per heavy atom. The van der Waals surface area contributed by atoms with Crippen molar-refractivity contribution < 1.29 is 47.0 Å². The van der Waals surface area contributed by atoms with Crippen LogP contribution in [0.5, 0.6) is 11.5 Å². The summed E-state index contributed by atoms with van der Waals surface area (Å²) in [5.41, 5.74) is 5.33. The standard InChI is InChI=1S/C57H71NO10S2/c1-62-57(50-12-3-5-14-52(50)58(53-15-6-4-13-51(53)57)26-9-28-67-54(59)16-7-2-11-49-25-35-69-70(49)61)46-19-23-48(24-20-46)66-34-32-64-30-29-63-31-33-65-47-21-17-42(18-22-47)10-8-27-68-55(60)56-39-43-36-44(40-56)38-45(37-43)41-56/h3-6,12-15,17-24,43-45,49H,2,7-11,16,25-41H2,1H3. The second-order valence-electron chi connectivity index (χ2n) is 19.9. The number of carbonyl (C=O) groups excluding carboxylic acids is 2. The molecule has 4 saturated carbocycles. The molecular formula is C57H71NO10S2. The van der Waals surface area contributed by atoms with E-state index >= 15 is 0 Å². The van der Waals surface area contributed by atoms with Crippen LogP contribution in [0, 0.1) is 23.2 Å². The lowest BCUT2D eigenvalue weighted by Gasteiger charge is -2.55. The predicted molar refractivity (Wildman–Crippen MR) is 275 cm³/mol. The molecule has 6 aliphatic rings. The summed E-state index contributed by atoms with van der Waals surface area (Å²) in [4.78, 5) is 28.0. The average Bonchev–Trinajstić information content (AvgIpc) is 3.79.